The molecule has 0 atom stereocenters. The Labute approximate surface area is 52.9 Å². The minimum Gasteiger partial charge on any atom is -0.384 e. The number of hydrogen-bond donors (Lipinski definition) is 2. The first kappa shape index (κ1) is 5.97. The highest BCUT2D eigenvalue weighted by atomic mass is 14.9. The van der Waals surface area contributed by atoms with Gasteiger partial charge in [-0.1, -0.05) is 0 Å². The first-order valence-electron chi connectivity index (χ1n) is 2.59. The number of hydrogen-bond acceptors (Lipinski definition) is 4. The van der Waals surface area contributed by atoms with Crippen molar-refractivity contribution in [2.45, 2.75) is 6.54 Å². The molecule has 4 nitrogen and oxygen atoms in total. The molecule has 0 aliphatic heterocycles. The topological polar surface area (TPSA) is 77.8 Å². The monoisotopic (exact) mass is 124 g/mol. The molecule has 0 aliphatic carbocycles. The van der Waals surface area contributed by atoms with Gasteiger partial charge in [-0.3, -0.25) is 0 Å². The third-order valence-corrected chi connectivity index (χ3v) is 0.954. The Balaban J connectivity index is 2.94. The molecule has 4 N–H and O–H groups in total. The van der Waals surface area contributed by atoms with Gasteiger partial charge in [0, 0.05) is 12.6 Å². The lowest BCUT2D eigenvalue weighted by Gasteiger charge is -1.93. The van der Waals surface area contributed by atoms with Gasteiger partial charge in [0.15, 0.2) is 0 Å². The summed E-state index contributed by atoms with van der Waals surface area (Å²) in [5.74, 6) is 0.463. The summed E-state index contributed by atoms with van der Waals surface area (Å²) in [6, 6.07) is 1.65. The summed E-state index contributed by atoms with van der Waals surface area (Å²) < 4.78 is 0. The van der Waals surface area contributed by atoms with Crippen molar-refractivity contribution in [2.75, 3.05) is 5.73 Å². The predicted molar refractivity (Wildman–Crippen MR) is 34.3 cm³/mol. The van der Waals surface area contributed by atoms with Crippen LogP contribution in [0.2, 0.25) is 0 Å². The van der Waals surface area contributed by atoms with Gasteiger partial charge in [-0.15, -0.1) is 0 Å². The van der Waals surface area contributed by atoms with Crippen LogP contribution in [0.5, 0.6) is 0 Å². The Morgan fingerprint density at radius 2 is 2.22 bits per heavy atom. The number of nitrogens with two attached hydrogens (primary N) is 2. The van der Waals surface area contributed by atoms with E-state index in [-0.39, 0.29) is 0 Å². The average molecular weight is 124 g/mol. The van der Waals surface area contributed by atoms with E-state index in [1.165, 1.54) is 6.33 Å². The van der Waals surface area contributed by atoms with Crippen molar-refractivity contribution in [1.82, 2.24) is 9.97 Å². The van der Waals surface area contributed by atoms with Gasteiger partial charge in [0.25, 0.3) is 0 Å². The van der Waals surface area contributed by atoms with E-state index in [1.54, 1.807) is 6.07 Å². The van der Waals surface area contributed by atoms with Gasteiger partial charge in [-0.25, -0.2) is 9.97 Å². The van der Waals surface area contributed by atoms with Crippen LogP contribution in [-0.2, 0) is 6.54 Å². The quantitative estimate of drug-likeness (QED) is 0.530. The van der Waals surface area contributed by atoms with Crippen molar-refractivity contribution < 1.29 is 0 Å². The van der Waals surface area contributed by atoms with Crippen molar-refractivity contribution in [1.29, 1.82) is 0 Å². The molecule has 0 amide bonds. The molecular weight excluding hydrogens is 116 g/mol. The van der Waals surface area contributed by atoms with Gasteiger partial charge in [0.2, 0.25) is 0 Å². The third-order valence-electron chi connectivity index (χ3n) is 0.954. The summed E-state index contributed by atoms with van der Waals surface area (Å²) in [5.41, 5.74) is 11.4. The average Bonchev–Trinajstić information content (AvgIpc) is 1.88. The number of aromatic nitrogens is 2. The molecule has 0 saturated carbocycles. The smallest absolute Gasteiger partial charge is 0.127 e. The van der Waals surface area contributed by atoms with E-state index in [4.69, 9.17) is 11.5 Å². The molecule has 0 saturated heterocycles. The Hall–Kier alpha value is -1.16. The fraction of sp³-hybridized carbons (Fsp3) is 0.200. The number of anilines is 1. The fourth-order valence-corrected chi connectivity index (χ4v) is 0.527. The maximum absolute atomic E-state index is 5.33. The standard InChI is InChI=1S/C5H8N4/c6-2-4-1-5(7)9-3-8-4/h1,3H,2,6H2,(H2,7,8,9). The maximum atomic E-state index is 5.33. The maximum Gasteiger partial charge on any atom is 0.127 e. The van der Waals surface area contributed by atoms with Crippen molar-refractivity contribution in [2.24, 2.45) is 5.73 Å². The highest BCUT2D eigenvalue weighted by molar-refractivity contribution is 5.27. The summed E-state index contributed by atoms with van der Waals surface area (Å²) in [4.78, 5) is 7.54. The van der Waals surface area contributed by atoms with Crippen molar-refractivity contribution in [3.05, 3.63) is 18.1 Å². The zero-order valence-corrected chi connectivity index (χ0v) is 4.91. The summed E-state index contributed by atoms with van der Waals surface area (Å²) in [6.45, 7) is 0.409. The molecule has 0 fully saturated rings. The molecule has 1 rings (SSSR count). The van der Waals surface area contributed by atoms with Crippen LogP contribution in [0.1, 0.15) is 5.69 Å². The van der Waals surface area contributed by atoms with E-state index in [9.17, 15) is 0 Å². The van der Waals surface area contributed by atoms with Gasteiger partial charge in [-0.2, -0.15) is 0 Å². The van der Waals surface area contributed by atoms with Crippen molar-refractivity contribution in [3.8, 4) is 0 Å². The van der Waals surface area contributed by atoms with Crippen LogP contribution >= 0.6 is 0 Å². The predicted octanol–water partition coefficient (Wildman–Crippen LogP) is -0.483. The van der Waals surface area contributed by atoms with E-state index in [0.29, 0.717) is 12.4 Å². The normalized spacial score (nSPS) is 9.44. The summed E-state index contributed by atoms with van der Waals surface area (Å²) in [6.07, 6.45) is 1.40. The molecule has 9 heavy (non-hydrogen) atoms. The molecule has 0 aliphatic rings. The van der Waals surface area contributed by atoms with Crippen LogP contribution in [0, 0.1) is 0 Å². The summed E-state index contributed by atoms with van der Waals surface area (Å²) >= 11 is 0. The Bertz CT molecular complexity index is 198. The molecule has 0 bridgehead atoms. The van der Waals surface area contributed by atoms with E-state index in [1.807, 2.05) is 0 Å². The van der Waals surface area contributed by atoms with Crippen molar-refractivity contribution >= 4 is 5.82 Å². The minimum atomic E-state index is 0.409. The molecule has 0 spiro atoms. The Kier molecular flexibility index (Phi) is 1.60. The van der Waals surface area contributed by atoms with Gasteiger partial charge < -0.3 is 11.5 Å². The number of nitrogens with zero attached hydrogens (tertiary/aromatic N) is 2. The molecule has 0 aromatic carbocycles. The lowest BCUT2D eigenvalue weighted by atomic mass is 10.4. The van der Waals surface area contributed by atoms with Gasteiger partial charge in [-0.05, 0) is 0 Å². The lowest BCUT2D eigenvalue weighted by molar-refractivity contribution is 0.967. The van der Waals surface area contributed by atoms with Crippen LogP contribution in [-0.4, -0.2) is 9.97 Å². The fourth-order valence-electron chi connectivity index (χ4n) is 0.527. The van der Waals surface area contributed by atoms with Crippen LogP contribution in [0.3, 0.4) is 0 Å². The summed E-state index contributed by atoms with van der Waals surface area (Å²) in [7, 11) is 0. The second-order valence-corrected chi connectivity index (χ2v) is 1.64. The Morgan fingerprint density at radius 3 is 2.67 bits per heavy atom. The molecule has 1 aromatic rings. The highest BCUT2D eigenvalue weighted by Crippen LogP contribution is 1.95. The van der Waals surface area contributed by atoms with Gasteiger partial charge in [0.1, 0.15) is 12.1 Å². The van der Waals surface area contributed by atoms with E-state index in [0.717, 1.165) is 5.69 Å². The molecular formula is C5H8N4. The van der Waals surface area contributed by atoms with Crippen LogP contribution in [0.25, 0.3) is 0 Å². The SMILES string of the molecule is NCc1cc(N)ncn1. The van der Waals surface area contributed by atoms with E-state index in [2.05, 4.69) is 9.97 Å². The molecule has 0 radical (unpaired) electrons. The number of nitrogen functional groups attached to an aromatic ring is 1. The van der Waals surface area contributed by atoms with Crippen molar-refractivity contribution in [3.63, 3.8) is 0 Å². The molecule has 1 aromatic heterocycles. The summed E-state index contributed by atoms with van der Waals surface area (Å²) in [5, 5.41) is 0. The van der Waals surface area contributed by atoms with E-state index < -0.39 is 0 Å². The highest BCUT2D eigenvalue weighted by Gasteiger charge is 1.89. The third kappa shape index (κ3) is 1.36. The first-order chi connectivity index (χ1) is 4.33. The van der Waals surface area contributed by atoms with E-state index >= 15 is 0 Å². The zero-order valence-electron chi connectivity index (χ0n) is 4.91. The van der Waals surface area contributed by atoms with Crippen LogP contribution < -0.4 is 11.5 Å². The van der Waals surface area contributed by atoms with Gasteiger partial charge in [0.05, 0.1) is 5.69 Å². The molecule has 1 heterocycles. The van der Waals surface area contributed by atoms with Gasteiger partial charge >= 0.3 is 0 Å². The number of rotatable bonds is 1. The first-order valence-corrected chi connectivity index (χ1v) is 2.59. The Morgan fingerprint density at radius 1 is 1.44 bits per heavy atom. The second-order valence-electron chi connectivity index (χ2n) is 1.64. The molecule has 48 valence electrons. The van der Waals surface area contributed by atoms with Crippen LogP contribution in [0.4, 0.5) is 5.82 Å². The van der Waals surface area contributed by atoms with Crippen LogP contribution in [0.15, 0.2) is 12.4 Å². The largest absolute Gasteiger partial charge is 0.384 e. The second kappa shape index (κ2) is 2.41. The minimum absolute atomic E-state index is 0.409. The lowest BCUT2D eigenvalue weighted by Crippen LogP contribution is -2.01. The molecule has 4 heteroatoms. The zero-order chi connectivity index (χ0) is 6.69. The molecule has 0 unspecified atom stereocenters.